The molecule has 0 aromatic carbocycles. The van der Waals surface area contributed by atoms with Crippen LogP contribution in [0.2, 0.25) is 0 Å². The van der Waals surface area contributed by atoms with Crippen molar-refractivity contribution in [3.05, 3.63) is 24.0 Å². The SMILES string of the molecule is CC(Sc1ccnc(C(=O)O)c1)C(=O)N1CCCCC1. The summed E-state index contributed by atoms with van der Waals surface area (Å²) in [5, 5.41) is 8.70. The van der Waals surface area contributed by atoms with E-state index in [-0.39, 0.29) is 16.9 Å². The highest BCUT2D eigenvalue weighted by molar-refractivity contribution is 8.00. The first-order valence-corrected chi connectivity index (χ1v) is 7.60. The predicted octanol–water partition coefficient (Wildman–Crippen LogP) is 2.27. The zero-order valence-corrected chi connectivity index (χ0v) is 12.2. The summed E-state index contributed by atoms with van der Waals surface area (Å²) in [6.45, 7) is 3.53. The predicted molar refractivity (Wildman–Crippen MR) is 76.9 cm³/mol. The summed E-state index contributed by atoms with van der Waals surface area (Å²) in [5.41, 5.74) is 0.00706. The van der Waals surface area contributed by atoms with Crippen molar-refractivity contribution in [3.63, 3.8) is 0 Å². The fraction of sp³-hybridized carbons (Fsp3) is 0.500. The molecular weight excluding hydrogens is 276 g/mol. The van der Waals surface area contributed by atoms with Crippen LogP contribution >= 0.6 is 11.8 Å². The van der Waals surface area contributed by atoms with Gasteiger partial charge in [-0.15, -0.1) is 11.8 Å². The first-order chi connectivity index (χ1) is 9.58. The Morgan fingerprint density at radius 2 is 2.05 bits per heavy atom. The van der Waals surface area contributed by atoms with E-state index in [0.717, 1.165) is 30.8 Å². The second-order valence-electron chi connectivity index (χ2n) is 4.83. The molecule has 1 fully saturated rings. The zero-order chi connectivity index (χ0) is 14.5. The van der Waals surface area contributed by atoms with Gasteiger partial charge >= 0.3 is 5.97 Å². The van der Waals surface area contributed by atoms with Crippen LogP contribution in [0.15, 0.2) is 23.2 Å². The van der Waals surface area contributed by atoms with Gasteiger partial charge in [-0.3, -0.25) is 4.79 Å². The van der Waals surface area contributed by atoms with Crippen molar-refractivity contribution in [1.29, 1.82) is 0 Å². The number of piperidine rings is 1. The summed E-state index contributed by atoms with van der Waals surface area (Å²) in [5.74, 6) is -0.925. The van der Waals surface area contributed by atoms with Crippen LogP contribution in [0.1, 0.15) is 36.7 Å². The third-order valence-corrected chi connectivity index (χ3v) is 4.36. The van der Waals surface area contributed by atoms with E-state index >= 15 is 0 Å². The number of carboxylic acid groups (broad SMARTS) is 1. The molecular formula is C14H18N2O3S. The number of carboxylic acids is 1. The highest BCUT2D eigenvalue weighted by Gasteiger charge is 2.23. The zero-order valence-electron chi connectivity index (χ0n) is 11.4. The number of amides is 1. The van der Waals surface area contributed by atoms with E-state index in [2.05, 4.69) is 4.98 Å². The van der Waals surface area contributed by atoms with Crippen molar-refractivity contribution in [2.75, 3.05) is 13.1 Å². The van der Waals surface area contributed by atoms with Crippen molar-refractivity contribution in [2.45, 2.75) is 36.3 Å². The van der Waals surface area contributed by atoms with Crippen LogP contribution in [-0.2, 0) is 4.79 Å². The molecule has 1 N–H and O–H groups in total. The second kappa shape index (κ2) is 6.74. The van der Waals surface area contributed by atoms with Crippen LogP contribution in [0.3, 0.4) is 0 Å². The largest absolute Gasteiger partial charge is 0.477 e. The summed E-state index contributed by atoms with van der Waals surface area (Å²) in [6, 6.07) is 3.24. The van der Waals surface area contributed by atoms with Crippen LogP contribution < -0.4 is 0 Å². The van der Waals surface area contributed by atoms with Gasteiger partial charge in [0.15, 0.2) is 0 Å². The van der Waals surface area contributed by atoms with Gasteiger partial charge in [0.05, 0.1) is 5.25 Å². The lowest BCUT2D eigenvalue weighted by molar-refractivity contribution is -0.131. The summed E-state index contributed by atoms with van der Waals surface area (Å²) in [6.07, 6.45) is 4.80. The number of carbonyl (C=O) groups is 2. The van der Waals surface area contributed by atoms with E-state index in [1.54, 1.807) is 6.07 Å². The number of likely N-dealkylation sites (tertiary alicyclic amines) is 1. The van der Waals surface area contributed by atoms with E-state index in [9.17, 15) is 9.59 Å². The molecule has 0 radical (unpaired) electrons. The van der Waals surface area contributed by atoms with Crippen LogP contribution in [0.4, 0.5) is 0 Å². The molecule has 0 aliphatic carbocycles. The van der Waals surface area contributed by atoms with Gasteiger partial charge in [-0.2, -0.15) is 0 Å². The van der Waals surface area contributed by atoms with Crippen LogP contribution in [0.5, 0.6) is 0 Å². The smallest absolute Gasteiger partial charge is 0.354 e. The fourth-order valence-electron chi connectivity index (χ4n) is 2.23. The van der Waals surface area contributed by atoms with Gasteiger partial charge in [0.2, 0.25) is 5.91 Å². The average molecular weight is 294 g/mol. The minimum absolute atomic E-state index is 0.00706. The van der Waals surface area contributed by atoms with Gasteiger partial charge in [-0.1, -0.05) is 0 Å². The number of thioether (sulfide) groups is 1. The number of hydrogen-bond acceptors (Lipinski definition) is 4. The van der Waals surface area contributed by atoms with Crippen molar-refractivity contribution in [3.8, 4) is 0 Å². The number of aromatic carboxylic acids is 1. The third kappa shape index (κ3) is 3.72. The Morgan fingerprint density at radius 3 is 2.70 bits per heavy atom. The summed E-state index contributed by atoms with van der Waals surface area (Å²) >= 11 is 1.38. The van der Waals surface area contributed by atoms with Crippen molar-refractivity contribution < 1.29 is 14.7 Å². The Morgan fingerprint density at radius 1 is 1.35 bits per heavy atom. The molecule has 1 saturated heterocycles. The lowest BCUT2D eigenvalue weighted by atomic mass is 10.1. The maximum absolute atomic E-state index is 12.3. The Hall–Kier alpha value is -1.56. The normalized spacial score (nSPS) is 16.8. The number of carbonyl (C=O) groups excluding carboxylic acids is 1. The van der Waals surface area contributed by atoms with Gasteiger partial charge in [-0.25, -0.2) is 9.78 Å². The molecule has 1 atom stereocenters. The molecule has 0 spiro atoms. The Kier molecular flexibility index (Phi) is 5.00. The van der Waals surface area contributed by atoms with Crippen LogP contribution in [0, 0.1) is 0 Å². The Bertz CT molecular complexity index is 501. The number of hydrogen-bond donors (Lipinski definition) is 1. The van der Waals surface area contributed by atoms with Gasteiger partial charge in [-0.05, 0) is 38.3 Å². The summed E-state index contributed by atoms with van der Waals surface area (Å²) in [7, 11) is 0. The fourth-order valence-corrected chi connectivity index (χ4v) is 3.20. The standard InChI is InChI=1S/C14H18N2O3S/c1-10(13(17)16-7-3-2-4-8-16)20-11-5-6-15-12(9-11)14(18)19/h5-6,9-10H,2-4,7-8H2,1H3,(H,18,19). The highest BCUT2D eigenvalue weighted by Crippen LogP contribution is 2.25. The summed E-state index contributed by atoms with van der Waals surface area (Å²) in [4.78, 5) is 29.6. The maximum atomic E-state index is 12.3. The van der Waals surface area contributed by atoms with E-state index in [1.807, 2.05) is 11.8 Å². The molecule has 1 aliphatic heterocycles. The monoisotopic (exact) mass is 294 g/mol. The quantitative estimate of drug-likeness (QED) is 0.863. The summed E-state index contributed by atoms with van der Waals surface area (Å²) < 4.78 is 0. The van der Waals surface area contributed by atoms with Gasteiger partial charge in [0, 0.05) is 24.2 Å². The molecule has 1 aromatic rings. The molecule has 20 heavy (non-hydrogen) atoms. The minimum atomic E-state index is -1.05. The number of rotatable bonds is 4. The number of nitrogens with zero attached hydrogens (tertiary/aromatic N) is 2. The van der Waals surface area contributed by atoms with Crippen molar-refractivity contribution in [1.82, 2.24) is 9.88 Å². The first kappa shape index (κ1) is 14.8. The van der Waals surface area contributed by atoms with Crippen molar-refractivity contribution >= 4 is 23.6 Å². The number of pyridine rings is 1. The minimum Gasteiger partial charge on any atom is -0.477 e. The molecule has 6 heteroatoms. The molecule has 2 heterocycles. The molecule has 1 unspecified atom stereocenters. The molecule has 2 rings (SSSR count). The molecule has 1 aliphatic rings. The van der Waals surface area contributed by atoms with Gasteiger partial charge in [0.25, 0.3) is 0 Å². The molecule has 0 bridgehead atoms. The Labute approximate surface area is 122 Å². The van der Waals surface area contributed by atoms with E-state index in [0.29, 0.717) is 0 Å². The lowest BCUT2D eigenvalue weighted by Crippen LogP contribution is -2.40. The van der Waals surface area contributed by atoms with Crippen molar-refractivity contribution in [2.24, 2.45) is 0 Å². The van der Waals surface area contributed by atoms with E-state index in [4.69, 9.17) is 5.11 Å². The van der Waals surface area contributed by atoms with Gasteiger partial charge < -0.3 is 10.0 Å². The topological polar surface area (TPSA) is 70.5 Å². The molecule has 1 amide bonds. The first-order valence-electron chi connectivity index (χ1n) is 6.72. The average Bonchev–Trinajstić information content (AvgIpc) is 2.47. The Balaban J connectivity index is 1.99. The number of aromatic nitrogens is 1. The highest BCUT2D eigenvalue weighted by atomic mass is 32.2. The maximum Gasteiger partial charge on any atom is 0.354 e. The molecule has 108 valence electrons. The van der Waals surface area contributed by atoms with E-state index in [1.165, 1.54) is 30.4 Å². The molecule has 0 saturated carbocycles. The van der Waals surface area contributed by atoms with Crippen LogP contribution in [0.25, 0.3) is 0 Å². The van der Waals surface area contributed by atoms with Crippen LogP contribution in [-0.4, -0.2) is 45.2 Å². The third-order valence-electron chi connectivity index (χ3n) is 3.28. The molecule has 5 nitrogen and oxygen atoms in total. The second-order valence-corrected chi connectivity index (χ2v) is 6.24. The molecule has 1 aromatic heterocycles. The van der Waals surface area contributed by atoms with E-state index < -0.39 is 5.97 Å². The lowest BCUT2D eigenvalue weighted by Gasteiger charge is -2.29. The van der Waals surface area contributed by atoms with Gasteiger partial charge in [0.1, 0.15) is 5.69 Å².